The van der Waals surface area contributed by atoms with Gasteiger partial charge in [-0.15, -0.1) is 0 Å². The van der Waals surface area contributed by atoms with Gasteiger partial charge >= 0.3 is 0 Å². The van der Waals surface area contributed by atoms with E-state index in [2.05, 4.69) is 0 Å². The van der Waals surface area contributed by atoms with E-state index in [1.807, 2.05) is 0 Å². The number of sulfonamides is 1. The first-order valence-corrected chi connectivity index (χ1v) is 7.43. The van der Waals surface area contributed by atoms with Crippen LogP contribution in [0.5, 0.6) is 0 Å². The van der Waals surface area contributed by atoms with Gasteiger partial charge in [-0.2, -0.15) is 4.31 Å². The van der Waals surface area contributed by atoms with E-state index < -0.39 is 27.9 Å². The molecule has 0 radical (unpaired) electrons. The number of nitrogens with two attached hydrogens (primary N) is 1. The molecule has 20 heavy (non-hydrogen) atoms. The number of morpholine rings is 1. The third-order valence-corrected chi connectivity index (χ3v) is 4.97. The van der Waals surface area contributed by atoms with Crippen molar-refractivity contribution in [2.24, 2.45) is 5.73 Å². The van der Waals surface area contributed by atoms with Gasteiger partial charge in [0.05, 0.1) is 11.5 Å². The molecule has 110 valence electrons. The molecule has 1 aromatic rings. The lowest BCUT2D eigenvalue weighted by atomic mass is 10.2. The lowest BCUT2D eigenvalue weighted by molar-refractivity contribution is -0.132. The number of aryl methyl sites for hydroxylation is 1. The average Bonchev–Trinajstić information content (AvgIpc) is 2.42. The minimum absolute atomic E-state index is 0.0125. The molecule has 1 heterocycles. The Morgan fingerprint density at radius 1 is 1.50 bits per heavy atom. The first-order valence-electron chi connectivity index (χ1n) is 5.99. The number of carbonyl (C=O) groups is 1. The number of ether oxygens (including phenoxy) is 1. The van der Waals surface area contributed by atoms with Crippen LogP contribution >= 0.6 is 0 Å². The van der Waals surface area contributed by atoms with Crippen LogP contribution in [-0.2, 0) is 19.6 Å². The summed E-state index contributed by atoms with van der Waals surface area (Å²) >= 11 is 0. The Kier molecular flexibility index (Phi) is 4.07. The average molecular weight is 302 g/mol. The quantitative estimate of drug-likeness (QED) is 0.851. The van der Waals surface area contributed by atoms with Gasteiger partial charge in [0.15, 0.2) is 0 Å². The van der Waals surface area contributed by atoms with Gasteiger partial charge < -0.3 is 10.5 Å². The van der Waals surface area contributed by atoms with Crippen molar-refractivity contribution in [2.75, 3.05) is 19.7 Å². The fourth-order valence-corrected chi connectivity index (χ4v) is 3.45. The number of rotatable bonds is 3. The first-order chi connectivity index (χ1) is 9.32. The summed E-state index contributed by atoms with van der Waals surface area (Å²) in [6.45, 7) is 1.57. The van der Waals surface area contributed by atoms with Gasteiger partial charge in [-0.1, -0.05) is 0 Å². The van der Waals surface area contributed by atoms with E-state index in [9.17, 15) is 17.6 Å². The molecular formula is C12H15FN2O4S. The van der Waals surface area contributed by atoms with E-state index in [0.29, 0.717) is 0 Å². The largest absolute Gasteiger partial charge is 0.367 e. The van der Waals surface area contributed by atoms with Crippen LogP contribution in [0.3, 0.4) is 0 Å². The molecule has 1 saturated heterocycles. The first kappa shape index (κ1) is 14.9. The maximum atomic E-state index is 13.2. The normalized spacial score (nSPS) is 20.8. The number of hydrogen-bond acceptors (Lipinski definition) is 4. The number of carbonyl (C=O) groups excluding carboxylic acids is 1. The topological polar surface area (TPSA) is 89.7 Å². The van der Waals surface area contributed by atoms with E-state index in [4.69, 9.17) is 10.5 Å². The van der Waals surface area contributed by atoms with Crippen LogP contribution in [0.25, 0.3) is 0 Å². The number of halogens is 1. The maximum absolute atomic E-state index is 13.2. The van der Waals surface area contributed by atoms with Crippen molar-refractivity contribution < 1.29 is 22.3 Å². The zero-order valence-electron chi connectivity index (χ0n) is 10.9. The summed E-state index contributed by atoms with van der Waals surface area (Å²) in [5.74, 6) is -1.18. The van der Waals surface area contributed by atoms with Crippen molar-refractivity contribution >= 4 is 15.9 Å². The predicted molar refractivity (Wildman–Crippen MR) is 68.8 cm³/mol. The van der Waals surface area contributed by atoms with Crippen molar-refractivity contribution in [1.29, 1.82) is 0 Å². The summed E-state index contributed by atoms with van der Waals surface area (Å²) in [5.41, 5.74) is 5.36. The summed E-state index contributed by atoms with van der Waals surface area (Å²) in [5, 5.41) is 0. The summed E-state index contributed by atoms with van der Waals surface area (Å²) in [7, 11) is -3.79. The van der Waals surface area contributed by atoms with Crippen molar-refractivity contribution in [1.82, 2.24) is 4.31 Å². The predicted octanol–water partition coefficient (Wildman–Crippen LogP) is 0.00892. The lowest BCUT2D eigenvalue weighted by Gasteiger charge is -2.30. The minimum Gasteiger partial charge on any atom is -0.367 e. The summed E-state index contributed by atoms with van der Waals surface area (Å²) < 4.78 is 44.3. The van der Waals surface area contributed by atoms with Crippen molar-refractivity contribution in [3.05, 3.63) is 29.6 Å². The summed E-state index contributed by atoms with van der Waals surface area (Å²) in [6, 6.07) is 3.57. The molecule has 1 atom stereocenters. The fourth-order valence-electron chi connectivity index (χ4n) is 1.94. The second-order valence-electron chi connectivity index (χ2n) is 4.54. The van der Waals surface area contributed by atoms with Gasteiger partial charge in [0.2, 0.25) is 15.9 Å². The van der Waals surface area contributed by atoms with Crippen LogP contribution < -0.4 is 5.73 Å². The van der Waals surface area contributed by atoms with Gasteiger partial charge in [0.25, 0.3) is 0 Å². The Bertz CT molecular complexity index is 632. The molecule has 1 fully saturated rings. The summed E-state index contributed by atoms with van der Waals surface area (Å²) in [6.07, 6.45) is -0.958. The van der Waals surface area contributed by atoms with E-state index in [1.165, 1.54) is 19.1 Å². The maximum Gasteiger partial charge on any atom is 0.247 e. The molecule has 8 heteroatoms. The van der Waals surface area contributed by atoms with E-state index in [0.717, 1.165) is 10.4 Å². The Labute approximate surface area is 116 Å². The van der Waals surface area contributed by atoms with E-state index in [-0.39, 0.29) is 30.2 Å². The second-order valence-corrected chi connectivity index (χ2v) is 6.47. The number of benzene rings is 1. The second kappa shape index (κ2) is 5.47. The van der Waals surface area contributed by atoms with Gasteiger partial charge in [-0.25, -0.2) is 12.8 Å². The van der Waals surface area contributed by atoms with Gasteiger partial charge in [-0.05, 0) is 30.7 Å². The number of primary amides is 1. The third-order valence-electron chi connectivity index (χ3n) is 3.11. The monoisotopic (exact) mass is 302 g/mol. The lowest BCUT2D eigenvalue weighted by Crippen LogP contribution is -2.50. The summed E-state index contributed by atoms with van der Waals surface area (Å²) in [4.78, 5) is 11.1. The van der Waals surface area contributed by atoms with Crippen LogP contribution in [-0.4, -0.2) is 44.4 Å². The molecule has 1 amide bonds. The van der Waals surface area contributed by atoms with E-state index >= 15 is 0 Å². The number of nitrogens with zero attached hydrogens (tertiary/aromatic N) is 1. The Morgan fingerprint density at radius 3 is 2.80 bits per heavy atom. The Morgan fingerprint density at radius 2 is 2.20 bits per heavy atom. The van der Waals surface area contributed by atoms with Crippen LogP contribution in [0.15, 0.2) is 23.1 Å². The van der Waals surface area contributed by atoms with Gasteiger partial charge in [0.1, 0.15) is 11.9 Å². The Balaban J connectivity index is 2.29. The fraction of sp³-hybridized carbons (Fsp3) is 0.417. The molecule has 0 bridgehead atoms. The van der Waals surface area contributed by atoms with Crippen LogP contribution in [0, 0.1) is 12.7 Å². The molecule has 2 N–H and O–H groups in total. The molecular weight excluding hydrogens is 287 g/mol. The highest BCUT2D eigenvalue weighted by molar-refractivity contribution is 7.89. The van der Waals surface area contributed by atoms with Gasteiger partial charge in [-0.3, -0.25) is 4.79 Å². The third kappa shape index (κ3) is 2.82. The molecule has 0 spiro atoms. The molecule has 1 unspecified atom stereocenters. The van der Waals surface area contributed by atoms with E-state index in [1.54, 1.807) is 0 Å². The molecule has 1 aromatic carbocycles. The highest BCUT2D eigenvalue weighted by Gasteiger charge is 2.33. The van der Waals surface area contributed by atoms with Crippen molar-refractivity contribution in [2.45, 2.75) is 17.9 Å². The molecule has 2 rings (SSSR count). The molecule has 0 aliphatic carbocycles. The highest BCUT2D eigenvalue weighted by Crippen LogP contribution is 2.20. The van der Waals surface area contributed by atoms with Crippen molar-refractivity contribution in [3.8, 4) is 0 Å². The smallest absolute Gasteiger partial charge is 0.247 e. The molecule has 6 nitrogen and oxygen atoms in total. The highest BCUT2D eigenvalue weighted by atomic mass is 32.2. The number of amides is 1. The molecule has 0 aromatic heterocycles. The SMILES string of the molecule is Cc1cc(S(=O)(=O)N2CCOC(C(N)=O)C2)ccc1F. The van der Waals surface area contributed by atoms with Crippen LogP contribution in [0.1, 0.15) is 5.56 Å². The Hall–Kier alpha value is -1.51. The zero-order valence-corrected chi connectivity index (χ0v) is 11.7. The van der Waals surface area contributed by atoms with Crippen LogP contribution in [0.4, 0.5) is 4.39 Å². The molecule has 0 saturated carbocycles. The number of hydrogen-bond donors (Lipinski definition) is 1. The van der Waals surface area contributed by atoms with Crippen LogP contribution in [0.2, 0.25) is 0 Å². The standard InChI is InChI=1S/C12H15FN2O4S/c1-8-6-9(2-3-10(8)13)20(17,18)15-4-5-19-11(7-15)12(14)16/h2-3,6,11H,4-5,7H2,1H3,(H2,14,16). The zero-order chi connectivity index (χ0) is 14.9. The minimum atomic E-state index is -3.79. The molecule has 1 aliphatic heterocycles. The molecule has 1 aliphatic rings. The van der Waals surface area contributed by atoms with Crippen molar-refractivity contribution in [3.63, 3.8) is 0 Å². The van der Waals surface area contributed by atoms with Gasteiger partial charge in [0, 0.05) is 13.1 Å².